The fourth-order valence-electron chi connectivity index (χ4n) is 3.12. The summed E-state index contributed by atoms with van der Waals surface area (Å²) < 4.78 is 28.7. The zero-order chi connectivity index (χ0) is 24.2. The van der Waals surface area contributed by atoms with E-state index in [0.29, 0.717) is 29.5 Å². The Morgan fingerprint density at radius 1 is 1.09 bits per heavy atom. The Bertz CT molecular complexity index is 1280. The average Bonchev–Trinajstić information content (AvgIpc) is 3.11. The number of nitrogens with one attached hydrogen (secondary N) is 2. The Morgan fingerprint density at radius 2 is 1.79 bits per heavy atom. The molecule has 0 bridgehead atoms. The molecule has 174 valence electrons. The molecule has 10 heteroatoms. The van der Waals surface area contributed by atoms with E-state index in [4.69, 9.17) is 11.6 Å². The summed E-state index contributed by atoms with van der Waals surface area (Å²) in [5.41, 5.74) is 2.24. The first-order valence-electron chi connectivity index (χ1n) is 10.3. The predicted molar refractivity (Wildman–Crippen MR) is 127 cm³/mol. The fraction of sp³-hybridized carbons (Fsp3) is 0.261. The highest BCUT2D eigenvalue weighted by Crippen LogP contribution is 2.23. The molecule has 0 atom stereocenters. The highest BCUT2D eigenvalue weighted by molar-refractivity contribution is 7.90. The normalized spacial score (nSPS) is 11.3. The number of hydrogen-bond donors (Lipinski definition) is 2. The van der Waals surface area contributed by atoms with E-state index in [1.54, 1.807) is 41.8 Å². The summed E-state index contributed by atoms with van der Waals surface area (Å²) in [7, 11) is -4.02. The third kappa shape index (κ3) is 6.21. The fourth-order valence-corrected chi connectivity index (χ4v) is 4.32. The van der Waals surface area contributed by atoms with Crippen LogP contribution in [0.25, 0.3) is 0 Å². The summed E-state index contributed by atoms with van der Waals surface area (Å²) in [5, 5.41) is 3.24. The number of hydrogen-bond acceptors (Lipinski definition) is 5. The largest absolute Gasteiger partial charge is 0.330 e. The molecule has 3 aromatic rings. The molecule has 2 amide bonds. The van der Waals surface area contributed by atoms with Crippen molar-refractivity contribution in [1.82, 2.24) is 14.3 Å². The van der Waals surface area contributed by atoms with Crippen molar-refractivity contribution in [3.63, 3.8) is 0 Å². The van der Waals surface area contributed by atoms with Crippen molar-refractivity contribution < 1.29 is 18.0 Å². The Hall–Kier alpha value is -3.17. The first-order chi connectivity index (χ1) is 15.6. The van der Waals surface area contributed by atoms with Crippen LogP contribution in [-0.2, 0) is 21.4 Å². The van der Waals surface area contributed by atoms with Crippen LogP contribution >= 0.6 is 11.6 Å². The number of rotatable bonds is 8. The van der Waals surface area contributed by atoms with Gasteiger partial charge in [0.15, 0.2) is 0 Å². The molecule has 33 heavy (non-hydrogen) atoms. The van der Waals surface area contributed by atoms with Crippen LogP contribution < -0.4 is 10.0 Å². The molecular formula is C23H25ClN4O4S. The van der Waals surface area contributed by atoms with Crippen LogP contribution in [0.3, 0.4) is 0 Å². The lowest BCUT2D eigenvalue weighted by molar-refractivity contribution is -0.116. The molecular weight excluding hydrogens is 464 g/mol. The zero-order valence-corrected chi connectivity index (χ0v) is 20.1. The van der Waals surface area contributed by atoms with Crippen LogP contribution in [0.15, 0.2) is 53.6 Å². The monoisotopic (exact) mass is 488 g/mol. The highest BCUT2D eigenvalue weighted by Gasteiger charge is 2.21. The smallest absolute Gasteiger partial charge is 0.285 e. The number of imidazole rings is 1. The van der Waals surface area contributed by atoms with E-state index in [2.05, 4.69) is 15.0 Å². The molecule has 0 spiro atoms. The van der Waals surface area contributed by atoms with Crippen molar-refractivity contribution >= 4 is 39.1 Å². The van der Waals surface area contributed by atoms with E-state index in [1.807, 2.05) is 13.8 Å². The minimum atomic E-state index is -4.02. The number of amides is 2. The lowest BCUT2D eigenvalue weighted by Gasteiger charge is -2.10. The maximum atomic E-state index is 12.6. The van der Waals surface area contributed by atoms with Crippen molar-refractivity contribution in [1.29, 1.82) is 0 Å². The molecule has 0 aliphatic heterocycles. The number of sulfonamides is 1. The van der Waals surface area contributed by atoms with Crippen LogP contribution in [-0.4, -0.2) is 29.8 Å². The minimum absolute atomic E-state index is 0.00416. The molecule has 1 aromatic heterocycles. The molecule has 1 heterocycles. The van der Waals surface area contributed by atoms with Gasteiger partial charge >= 0.3 is 0 Å². The van der Waals surface area contributed by atoms with E-state index in [-0.39, 0.29) is 16.5 Å². The Kier molecular flexibility index (Phi) is 7.55. The third-order valence-corrected chi connectivity index (χ3v) is 6.62. The standard InChI is InChI=1S/C23H25ClN4O4S/c1-4-5-22(29)26-18-9-8-17(20(24)12-18)13-28-14-21(25-16(28)3)23(30)27-33(31,32)19-10-6-15(2)7-11-19/h6-12,14H,4-5,13H2,1-3H3,(H,26,29)(H,27,30). The summed E-state index contributed by atoms with van der Waals surface area (Å²) in [5.74, 6) is -0.384. The van der Waals surface area contributed by atoms with Crippen LogP contribution in [0.4, 0.5) is 5.69 Å². The van der Waals surface area contributed by atoms with E-state index in [1.165, 1.54) is 18.3 Å². The van der Waals surface area contributed by atoms with Gasteiger partial charge in [-0.2, -0.15) is 0 Å². The van der Waals surface area contributed by atoms with E-state index >= 15 is 0 Å². The molecule has 0 aliphatic carbocycles. The SMILES string of the molecule is CCCC(=O)Nc1ccc(Cn2cc(C(=O)NS(=O)(=O)c3ccc(C)cc3)nc2C)c(Cl)c1. The maximum Gasteiger partial charge on any atom is 0.285 e. The van der Waals surface area contributed by atoms with Crippen molar-refractivity contribution in [3.05, 3.63) is 76.3 Å². The molecule has 0 saturated carbocycles. The van der Waals surface area contributed by atoms with Gasteiger partial charge in [0.1, 0.15) is 11.5 Å². The summed E-state index contributed by atoms with van der Waals surface area (Å²) in [6.45, 7) is 5.79. The maximum absolute atomic E-state index is 12.6. The van der Waals surface area contributed by atoms with Gasteiger partial charge in [-0.25, -0.2) is 18.1 Å². The molecule has 0 radical (unpaired) electrons. The number of aryl methyl sites for hydroxylation is 2. The van der Waals surface area contributed by atoms with Crippen molar-refractivity contribution in [2.45, 2.75) is 45.1 Å². The first-order valence-corrected chi connectivity index (χ1v) is 12.2. The van der Waals surface area contributed by atoms with Gasteiger partial charge in [-0.15, -0.1) is 0 Å². The van der Waals surface area contributed by atoms with Gasteiger partial charge in [0.25, 0.3) is 15.9 Å². The molecule has 0 fully saturated rings. The number of aromatic nitrogens is 2. The number of nitrogens with zero attached hydrogens (tertiary/aromatic N) is 2. The van der Waals surface area contributed by atoms with Gasteiger partial charge in [-0.3, -0.25) is 9.59 Å². The zero-order valence-electron chi connectivity index (χ0n) is 18.6. The van der Waals surface area contributed by atoms with Crippen LogP contribution in [0.2, 0.25) is 5.02 Å². The van der Waals surface area contributed by atoms with Gasteiger partial charge in [0, 0.05) is 23.3 Å². The molecule has 0 unspecified atom stereocenters. The number of carbonyl (C=O) groups excluding carboxylic acids is 2. The second-order valence-electron chi connectivity index (χ2n) is 7.65. The first kappa shape index (κ1) is 24.5. The molecule has 0 aliphatic rings. The molecule has 2 N–H and O–H groups in total. The number of carbonyl (C=O) groups is 2. The summed E-state index contributed by atoms with van der Waals surface area (Å²) in [6, 6.07) is 11.4. The quantitative estimate of drug-likeness (QED) is 0.496. The van der Waals surface area contributed by atoms with Gasteiger partial charge in [-0.1, -0.05) is 42.3 Å². The number of anilines is 1. The van der Waals surface area contributed by atoms with Crippen LogP contribution in [0.1, 0.15) is 47.2 Å². The Labute approximate surface area is 198 Å². The minimum Gasteiger partial charge on any atom is -0.330 e. The molecule has 2 aromatic carbocycles. The van der Waals surface area contributed by atoms with Gasteiger partial charge in [0.2, 0.25) is 5.91 Å². The molecule has 3 rings (SSSR count). The lowest BCUT2D eigenvalue weighted by Crippen LogP contribution is -2.30. The van der Waals surface area contributed by atoms with Crippen molar-refractivity contribution in [2.75, 3.05) is 5.32 Å². The molecule has 0 saturated heterocycles. The average molecular weight is 489 g/mol. The van der Waals surface area contributed by atoms with Crippen molar-refractivity contribution in [2.24, 2.45) is 0 Å². The van der Waals surface area contributed by atoms with Gasteiger partial charge in [0.05, 0.1) is 11.4 Å². The van der Waals surface area contributed by atoms with Crippen molar-refractivity contribution in [3.8, 4) is 0 Å². The summed E-state index contributed by atoms with van der Waals surface area (Å²) in [4.78, 5) is 28.5. The second-order valence-corrected chi connectivity index (χ2v) is 9.74. The third-order valence-electron chi connectivity index (χ3n) is 4.92. The summed E-state index contributed by atoms with van der Waals surface area (Å²) >= 11 is 6.38. The van der Waals surface area contributed by atoms with E-state index in [9.17, 15) is 18.0 Å². The lowest BCUT2D eigenvalue weighted by atomic mass is 10.2. The van der Waals surface area contributed by atoms with E-state index < -0.39 is 15.9 Å². The predicted octanol–water partition coefficient (Wildman–Crippen LogP) is 4.06. The summed E-state index contributed by atoms with van der Waals surface area (Å²) in [6.07, 6.45) is 2.65. The number of halogens is 1. The second kappa shape index (κ2) is 10.2. The van der Waals surface area contributed by atoms with Gasteiger partial charge < -0.3 is 9.88 Å². The molecule has 8 nitrogen and oxygen atoms in total. The Morgan fingerprint density at radius 3 is 2.42 bits per heavy atom. The topological polar surface area (TPSA) is 110 Å². The van der Waals surface area contributed by atoms with Crippen LogP contribution in [0.5, 0.6) is 0 Å². The van der Waals surface area contributed by atoms with Crippen LogP contribution in [0, 0.1) is 13.8 Å². The number of benzene rings is 2. The highest BCUT2D eigenvalue weighted by atomic mass is 35.5. The van der Waals surface area contributed by atoms with E-state index in [0.717, 1.165) is 17.5 Å². The van der Waals surface area contributed by atoms with Gasteiger partial charge in [-0.05, 0) is 50.1 Å². The Balaban J connectivity index is 1.73.